The molecule has 0 saturated heterocycles. The van der Waals surface area contributed by atoms with Crippen LogP contribution in [-0.2, 0) is 0 Å². The minimum absolute atomic E-state index is 0.0791. The van der Waals surface area contributed by atoms with Gasteiger partial charge in [-0.3, -0.25) is 4.79 Å². The van der Waals surface area contributed by atoms with E-state index in [4.69, 9.17) is 0 Å². The molecule has 0 aliphatic heterocycles. The van der Waals surface area contributed by atoms with Crippen molar-refractivity contribution in [3.05, 3.63) is 58.8 Å². The van der Waals surface area contributed by atoms with E-state index < -0.39 is 0 Å². The van der Waals surface area contributed by atoms with Gasteiger partial charge in [-0.15, -0.1) is 0 Å². The zero-order valence-corrected chi connectivity index (χ0v) is 14.6. The Hall–Kier alpha value is -2.12. The van der Waals surface area contributed by atoms with Crippen LogP contribution in [0.15, 0.2) is 41.4 Å². The normalized spacial score (nSPS) is 12.0. The van der Waals surface area contributed by atoms with Gasteiger partial charge in [0.05, 0.1) is 10.8 Å². The Balaban J connectivity index is 2.39. The summed E-state index contributed by atoms with van der Waals surface area (Å²) in [5, 5.41) is 9.79. The molecule has 0 spiro atoms. The van der Waals surface area contributed by atoms with Crippen LogP contribution in [0.3, 0.4) is 0 Å². The third-order valence-corrected chi connectivity index (χ3v) is 5.12. The SMILES string of the molecule is Cc1cc(C)c(C#N)c(SC(C(=O)c2ccccc2)C(C)C)n1. The number of ketones is 1. The molecule has 0 bridgehead atoms. The molecule has 23 heavy (non-hydrogen) atoms. The number of pyridine rings is 1. The van der Waals surface area contributed by atoms with Crippen molar-refractivity contribution in [2.24, 2.45) is 5.92 Å². The number of carbonyl (C=O) groups is 1. The molecule has 118 valence electrons. The van der Waals surface area contributed by atoms with Gasteiger partial charge in [0.1, 0.15) is 11.1 Å². The van der Waals surface area contributed by atoms with Crippen molar-refractivity contribution in [1.82, 2.24) is 4.98 Å². The first-order chi connectivity index (χ1) is 10.9. The summed E-state index contributed by atoms with van der Waals surface area (Å²) in [4.78, 5) is 17.3. The molecule has 1 unspecified atom stereocenters. The van der Waals surface area contributed by atoms with Gasteiger partial charge in [-0.05, 0) is 31.4 Å². The molecule has 2 rings (SSSR count). The van der Waals surface area contributed by atoms with Gasteiger partial charge in [0, 0.05) is 11.3 Å². The van der Waals surface area contributed by atoms with Crippen molar-refractivity contribution in [1.29, 1.82) is 5.26 Å². The molecule has 0 saturated carbocycles. The highest BCUT2D eigenvalue weighted by Gasteiger charge is 2.26. The van der Waals surface area contributed by atoms with Crippen LogP contribution in [0.5, 0.6) is 0 Å². The third-order valence-electron chi connectivity index (χ3n) is 3.58. The van der Waals surface area contributed by atoms with Crippen LogP contribution in [0.4, 0.5) is 0 Å². The summed E-state index contributed by atoms with van der Waals surface area (Å²) in [6.07, 6.45) is 0. The summed E-state index contributed by atoms with van der Waals surface area (Å²) in [5.41, 5.74) is 3.02. The fraction of sp³-hybridized carbons (Fsp3) is 0.316. The van der Waals surface area contributed by atoms with Crippen molar-refractivity contribution in [2.45, 2.75) is 38.0 Å². The Kier molecular flexibility index (Phi) is 5.57. The number of Topliss-reactive ketones (excluding diaryl/α,β-unsaturated/α-hetero) is 1. The predicted molar refractivity (Wildman–Crippen MR) is 93.7 cm³/mol. The van der Waals surface area contributed by atoms with E-state index in [1.54, 1.807) is 0 Å². The Bertz CT molecular complexity index is 748. The van der Waals surface area contributed by atoms with Gasteiger partial charge >= 0.3 is 0 Å². The van der Waals surface area contributed by atoms with E-state index in [1.165, 1.54) is 11.8 Å². The lowest BCUT2D eigenvalue weighted by molar-refractivity contribution is 0.0975. The quantitative estimate of drug-likeness (QED) is 0.597. The number of aromatic nitrogens is 1. The number of carbonyl (C=O) groups excluding carboxylic acids is 1. The molecule has 0 radical (unpaired) electrons. The second kappa shape index (κ2) is 7.43. The van der Waals surface area contributed by atoms with Gasteiger partial charge in [-0.25, -0.2) is 4.98 Å². The van der Waals surface area contributed by atoms with Crippen molar-refractivity contribution < 1.29 is 4.79 Å². The number of thioether (sulfide) groups is 1. The van der Waals surface area contributed by atoms with E-state index in [-0.39, 0.29) is 17.0 Å². The van der Waals surface area contributed by atoms with Gasteiger partial charge in [0.15, 0.2) is 5.78 Å². The minimum Gasteiger partial charge on any atom is -0.293 e. The lowest BCUT2D eigenvalue weighted by atomic mass is 10.0. The van der Waals surface area contributed by atoms with Crippen molar-refractivity contribution in [3.8, 4) is 6.07 Å². The van der Waals surface area contributed by atoms with E-state index in [0.717, 1.165) is 11.3 Å². The first-order valence-electron chi connectivity index (χ1n) is 7.58. The van der Waals surface area contributed by atoms with Crippen LogP contribution in [-0.4, -0.2) is 16.0 Å². The Labute approximate surface area is 141 Å². The minimum atomic E-state index is -0.266. The van der Waals surface area contributed by atoms with Crippen molar-refractivity contribution in [2.75, 3.05) is 0 Å². The zero-order valence-electron chi connectivity index (χ0n) is 13.8. The molecule has 1 aromatic carbocycles. The smallest absolute Gasteiger partial charge is 0.176 e. The largest absolute Gasteiger partial charge is 0.293 e. The Morgan fingerprint density at radius 3 is 2.43 bits per heavy atom. The maximum absolute atomic E-state index is 12.8. The van der Waals surface area contributed by atoms with Gasteiger partial charge in [-0.2, -0.15) is 5.26 Å². The first-order valence-corrected chi connectivity index (χ1v) is 8.46. The molecular formula is C19H20N2OS. The average Bonchev–Trinajstić information content (AvgIpc) is 2.52. The highest BCUT2D eigenvalue weighted by molar-refractivity contribution is 8.00. The lowest BCUT2D eigenvalue weighted by Gasteiger charge is -2.20. The van der Waals surface area contributed by atoms with Crippen LogP contribution in [0, 0.1) is 31.1 Å². The number of hydrogen-bond donors (Lipinski definition) is 0. The standard InChI is InChI=1S/C19H20N2OS/c1-12(2)18(17(22)15-8-6-5-7-9-15)23-19-16(11-20)13(3)10-14(4)21-19/h5-10,12,18H,1-4H3. The van der Waals surface area contributed by atoms with Crippen LogP contribution < -0.4 is 0 Å². The number of nitriles is 1. The van der Waals surface area contributed by atoms with Crippen LogP contribution >= 0.6 is 11.8 Å². The van der Waals surface area contributed by atoms with Gasteiger partial charge < -0.3 is 0 Å². The van der Waals surface area contributed by atoms with Crippen molar-refractivity contribution in [3.63, 3.8) is 0 Å². The highest BCUT2D eigenvalue weighted by atomic mass is 32.2. The number of rotatable bonds is 5. The van der Waals surface area contributed by atoms with Crippen LogP contribution in [0.1, 0.15) is 41.0 Å². The summed E-state index contributed by atoms with van der Waals surface area (Å²) in [6.45, 7) is 7.85. The molecule has 1 heterocycles. The van der Waals surface area contributed by atoms with Crippen LogP contribution in [0.25, 0.3) is 0 Å². The average molecular weight is 324 g/mol. The lowest BCUT2D eigenvalue weighted by Crippen LogP contribution is -2.23. The predicted octanol–water partition coefficient (Wildman–Crippen LogP) is 4.57. The molecule has 0 aliphatic carbocycles. The second-order valence-corrected chi connectivity index (χ2v) is 7.02. The van der Waals surface area contributed by atoms with E-state index in [9.17, 15) is 10.1 Å². The van der Waals surface area contributed by atoms with Crippen molar-refractivity contribution >= 4 is 17.5 Å². The van der Waals surface area contributed by atoms with E-state index in [2.05, 4.69) is 11.1 Å². The molecule has 1 atom stereocenters. The molecule has 3 nitrogen and oxygen atoms in total. The molecule has 4 heteroatoms. The van der Waals surface area contributed by atoms with E-state index in [0.29, 0.717) is 16.2 Å². The summed E-state index contributed by atoms with van der Waals surface area (Å²) in [7, 11) is 0. The van der Waals surface area contributed by atoms with E-state index in [1.807, 2.05) is 64.1 Å². The van der Waals surface area contributed by atoms with Gasteiger partial charge in [0.25, 0.3) is 0 Å². The maximum Gasteiger partial charge on any atom is 0.176 e. The summed E-state index contributed by atoms with van der Waals surface area (Å²) >= 11 is 1.40. The summed E-state index contributed by atoms with van der Waals surface area (Å²) in [6, 6.07) is 13.4. The monoisotopic (exact) mass is 324 g/mol. The number of nitrogens with zero attached hydrogens (tertiary/aromatic N) is 2. The summed E-state index contributed by atoms with van der Waals surface area (Å²) in [5.74, 6) is 0.220. The second-order valence-electron chi connectivity index (χ2n) is 5.89. The zero-order chi connectivity index (χ0) is 17.0. The van der Waals surface area contributed by atoms with Crippen LogP contribution in [0.2, 0.25) is 0 Å². The maximum atomic E-state index is 12.8. The third kappa shape index (κ3) is 4.00. The molecule has 0 aliphatic rings. The van der Waals surface area contributed by atoms with Gasteiger partial charge in [0.2, 0.25) is 0 Å². The first kappa shape index (κ1) is 17.2. The van der Waals surface area contributed by atoms with Gasteiger partial charge in [-0.1, -0.05) is 55.9 Å². The fourth-order valence-electron chi connectivity index (χ4n) is 2.40. The molecular weight excluding hydrogens is 304 g/mol. The summed E-state index contributed by atoms with van der Waals surface area (Å²) < 4.78 is 0. The Morgan fingerprint density at radius 2 is 1.87 bits per heavy atom. The van der Waals surface area contributed by atoms with E-state index >= 15 is 0 Å². The molecule has 1 aromatic heterocycles. The number of hydrogen-bond acceptors (Lipinski definition) is 4. The molecule has 0 amide bonds. The highest BCUT2D eigenvalue weighted by Crippen LogP contribution is 2.32. The fourth-order valence-corrected chi connectivity index (χ4v) is 3.68. The number of aryl methyl sites for hydroxylation is 2. The molecule has 0 fully saturated rings. The molecule has 0 N–H and O–H groups in total. The Morgan fingerprint density at radius 1 is 1.22 bits per heavy atom. The topological polar surface area (TPSA) is 53.8 Å². The molecule has 2 aromatic rings. The number of benzene rings is 1.